The van der Waals surface area contributed by atoms with E-state index in [9.17, 15) is 13.6 Å². The summed E-state index contributed by atoms with van der Waals surface area (Å²) in [5.41, 5.74) is 2.24. The number of aryl methyl sites for hydroxylation is 1. The Morgan fingerprint density at radius 1 is 1.06 bits per heavy atom. The first kappa shape index (κ1) is 24.4. The van der Waals surface area contributed by atoms with Crippen molar-refractivity contribution in [1.29, 1.82) is 0 Å². The lowest BCUT2D eigenvalue weighted by molar-refractivity contribution is -0.115. The van der Waals surface area contributed by atoms with E-state index >= 15 is 0 Å². The number of ether oxygens (including phenoxy) is 1. The Morgan fingerprint density at radius 2 is 1.74 bits per heavy atom. The summed E-state index contributed by atoms with van der Waals surface area (Å²) in [6.45, 7) is 6.10. The maximum atomic E-state index is 14.0. The van der Waals surface area contributed by atoms with Gasteiger partial charge < -0.3 is 10.1 Å². The highest BCUT2D eigenvalue weighted by Gasteiger charge is 2.23. The summed E-state index contributed by atoms with van der Waals surface area (Å²) < 4.78 is 35.4. The first-order valence-corrected chi connectivity index (χ1v) is 11.9. The van der Waals surface area contributed by atoms with Gasteiger partial charge in [-0.3, -0.25) is 9.36 Å². The molecule has 4 aromatic rings. The van der Waals surface area contributed by atoms with Crippen LogP contribution in [-0.4, -0.2) is 32.5 Å². The molecule has 0 bridgehead atoms. The van der Waals surface area contributed by atoms with Crippen LogP contribution in [0.1, 0.15) is 19.4 Å². The van der Waals surface area contributed by atoms with Gasteiger partial charge in [0.1, 0.15) is 23.1 Å². The van der Waals surface area contributed by atoms with Crippen molar-refractivity contribution in [3.8, 4) is 22.8 Å². The van der Waals surface area contributed by atoms with Crippen LogP contribution in [0.5, 0.6) is 5.75 Å². The molecule has 0 aliphatic heterocycles. The van der Waals surface area contributed by atoms with Gasteiger partial charge in [0.15, 0.2) is 11.0 Å². The molecule has 0 radical (unpaired) electrons. The number of para-hydroxylation sites is 1. The molecule has 9 heteroatoms. The summed E-state index contributed by atoms with van der Waals surface area (Å²) >= 11 is 1.14. The molecule has 0 aliphatic rings. The average Bonchev–Trinajstić information content (AvgIpc) is 3.25. The van der Waals surface area contributed by atoms with Gasteiger partial charge in [0.25, 0.3) is 0 Å². The number of amides is 1. The van der Waals surface area contributed by atoms with Crippen LogP contribution in [0.25, 0.3) is 17.1 Å². The van der Waals surface area contributed by atoms with E-state index in [2.05, 4.69) is 15.5 Å². The predicted octanol–water partition coefficient (Wildman–Crippen LogP) is 6.04. The third kappa shape index (κ3) is 5.51. The van der Waals surface area contributed by atoms with Gasteiger partial charge in [-0.25, -0.2) is 8.78 Å². The maximum Gasteiger partial charge on any atom is 0.237 e. The highest BCUT2D eigenvalue weighted by atomic mass is 32.2. The topological polar surface area (TPSA) is 69.0 Å². The van der Waals surface area contributed by atoms with Crippen molar-refractivity contribution in [2.24, 2.45) is 0 Å². The van der Waals surface area contributed by atoms with E-state index in [-0.39, 0.29) is 0 Å². The van der Waals surface area contributed by atoms with Crippen molar-refractivity contribution in [1.82, 2.24) is 14.8 Å². The zero-order valence-electron chi connectivity index (χ0n) is 19.5. The van der Waals surface area contributed by atoms with Crippen molar-refractivity contribution in [3.05, 3.63) is 83.9 Å². The summed E-state index contributed by atoms with van der Waals surface area (Å²) in [4.78, 5) is 12.8. The highest BCUT2D eigenvalue weighted by Crippen LogP contribution is 2.32. The fourth-order valence-electron chi connectivity index (χ4n) is 3.46. The zero-order valence-corrected chi connectivity index (χ0v) is 20.3. The minimum absolute atomic E-state index is 0.460. The Morgan fingerprint density at radius 3 is 2.40 bits per heavy atom. The minimum Gasteiger partial charge on any atom is -0.494 e. The first-order chi connectivity index (χ1) is 16.9. The van der Waals surface area contributed by atoms with Gasteiger partial charge in [-0.1, -0.05) is 41.6 Å². The standard InChI is InChI=1S/C26H24F2N4O2S/c1-4-34-20-13-11-19(12-14-20)32-24(18-8-5-7-16(2)15-18)30-31-26(32)35-17(3)25(33)29-23-21(27)9-6-10-22(23)28/h5-15,17H,4H2,1-3H3,(H,29,33). The number of carbonyl (C=O) groups is 1. The number of thioether (sulfide) groups is 1. The van der Waals surface area contributed by atoms with Crippen molar-refractivity contribution in [2.45, 2.75) is 31.2 Å². The van der Waals surface area contributed by atoms with Crippen molar-refractivity contribution >= 4 is 23.4 Å². The summed E-state index contributed by atoms with van der Waals surface area (Å²) in [7, 11) is 0. The molecular formula is C26H24F2N4O2S. The van der Waals surface area contributed by atoms with Crippen LogP contribution >= 0.6 is 11.8 Å². The molecule has 0 saturated carbocycles. The van der Waals surface area contributed by atoms with Gasteiger partial charge in [-0.2, -0.15) is 0 Å². The van der Waals surface area contributed by atoms with Gasteiger partial charge in [0.05, 0.1) is 11.9 Å². The molecule has 1 unspecified atom stereocenters. The maximum absolute atomic E-state index is 14.0. The summed E-state index contributed by atoms with van der Waals surface area (Å²) in [6.07, 6.45) is 0. The van der Waals surface area contributed by atoms with Gasteiger partial charge in [-0.05, 0) is 63.2 Å². The van der Waals surface area contributed by atoms with E-state index in [1.165, 1.54) is 6.07 Å². The lowest BCUT2D eigenvalue weighted by atomic mass is 10.1. The summed E-state index contributed by atoms with van der Waals surface area (Å²) in [5, 5.41) is 10.8. The van der Waals surface area contributed by atoms with Crippen LogP contribution in [0.15, 0.2) is 71.9 Å². The van der Waals surface area contributed by atoms with Crippen LogP contribution in [0.4, 0.5) is 14.5 Å². The average molecular weight is 495 g/mol. The smallest absolute Gasteiger partial charge is 0.237 e. The molecule has 3 aromatic carbocycles. The molecule has 1 N–H and O–H groups in total. The first-order valence-electron chi connectivity index (χ1n) is 11.0. The Labute approximate surface area is 206 Å². The normalized spacial score (nSPS) is 11.8. The monoisotopic (exact) mass is 494 g/mol. The number of anilines is 1. The lowest BCUT2D eigenvalue weighted by Gasteiger charge is -2.15. The lowest BCUT2D eigenvalue weighted by Crippen LogP contribution is -2.24. The molecule has 6 nitrogen and oxygen atoms in total. The molecule has 1 atom stereocenters. The largest absolute Gasteiger partial charge is 0.494 e. The van der Waals surface area contributed by atoms with Crippen LogP contribution in [0, 0.1) is 18.6 Å². The zero-order chi connectivity index (χ0) is 24.9. The third-order valence-corrected chi connectivity index (χ3v) is 6.22. The van der Waals surface area contributed by atoms with E-state index in [0.29, 0.717) is 17.6 Å². The quantitative estimate of drug-likeness (QED) is 0.303. The van der Waals surface area contributed by atoms with E-state index < -0.39 is 28.5 Å². The van der Waals surface area contributed by atoms with Crippen molar-refractivity contribution < 1.29 is 18.3 Å². The number of halogens is 2. The molecule has 1 heterocycles. The Hall–Kier alpha value is -3.72. The SMILES string of the molecule is CCOc1ccc(-n2c(SC(C)C(=O)Nc3c(F)cccc3F)nnc2-c2cccc(C)c2)cc1. The number of hydrogen-bond acceptors (Lipinski definition) is 5. The Bertz CT molecular complexity index is 1320. The molecule has 0 aliphatic carbocycles. The molecule has 0 saturated heterocycles. The fourth-order valence-corrected chi connectivity index (χ4v) is 4.33. The number of benzene rings is 3. The van der Waals surface area contributed by atoms with Gasteiger partial charge >= 0.3 is 0 Å². The predicted molar refractivity (Wildman–Crippen MR) is 133 cm³/mol. The molecule has 0 fully saturated rings. The Kier molecular flexibility index (Phi) is 7.45. The molecule has 0 spiro atoms. The third-order valence-electron chi connectivity index (χ3n) is 5.18. The number of rotatable bonds is 8. The van der Waals surface area contributed by atoms with E-state index in [0.717, 1.165) is 46.5 Å². The molecule has 4 rings (SSSR count). The molecule has 180 valence electrons. The summed E-state index contributed by atoms with van der Waals surface area (Å²) in [6, 6.07) is 18.8. The fraction of sp³-hybridized carbons (Fsp3) is 0.192. The van der Waals surface area contributed by atoms with Crippen LogP contribution in [-0.2, 0) is 4.79 Å². The van der Waals surface area contributed by atoms with Crippen LogP contribution in [0.2, 0.25) is 0 Å². The van der Waals surface area contributed by atoms with Gasteiger partial charge in [-0.15, -0.1) is 10.2 Å². The molecule has 35 heavy (non-hydrogen) atoms. The second-order valence-corrected chi connectivity index (χ2v) is 9.09. The summed E-state index contributed by atoms with van der Waals surface area (Å²) in [5.74, 6) is -0.898. The van der Waals surface area contributed by atoms with Crippen LogP contribution in [0.3, 0.4) is 0 Å². The van der Waals surface area contributed by atoms with Gasteiger partial charge in [0.2, 0.25) is 5.91 Å². The molecular weight excluding hydrogens is 470 g/mol. The van der Waals surface area contributed by atoms with E-state index in [1.54, 1.807) is 6.92 Å². The second kappa shape index (κ2) is 10.7. The number of hydrogen-bond donors (Lipinski definition) is 1. The minimum atomic E-state index is -0.838. The number of aromatic nitrogens is 3. The van der Waals surface area contributed by atoms with Crippen molar-refractivity contribution in [3.63, 3.8) is 0 Å². The Balaban J connectivity index is 1.67. The highest BCUT2D eigenvalue weighted by molar-refractivity contribution is 8.00. The van der Waals surface area contributed by atoms with E-state index in [1.807, 2.05) is 66.9 Å². The van der Waals surface area contributed by atoms with Crippen LogP contribution < -0.4 is 10.1 Å². The number of carbonyl (C=O) groups excluding carboxylic acids is 1. The van der Waals surface area contributed by atoms with Gasteiger partial charge in [0, 0.05) is 11.3 Å². The molecule has 1 amide bonds. The molecule has 1 aromatic heterocycles. The van der Waals surface area contributed by atoms with E-state index in [4.69, 9.17) is 4.74 Å². The van der Waals surface area contributed by atoms with Crippen molar-refractivity contribution in [2.75, 3.05) is 11.9 Å². The second-order valence-electron chi connectivity index (χ2n) is 7.78. The number of nitrogens with one attached hydrogen (secondary N) is 1. The number of nitrogens with zero attached hydrogens (tertiary/aromatic N) is 3.